The van der Waals surface area contributed by atoms with Gasteiger partial charge in [0, 0.05) is 6.54 Å². The van der Waals surface area contributed by atoms with Gasteiger partial charge in [0.2, 0.25) is 5.91 Å². The van der Waals surface area contributed by atoms with Crippen LogP contribution in [0.5, 0.6) is 11.5 Å². The lowest BCUT2D eigenvalue weighted by atomic mass is 10.1. The van der Waals surface area contributed by atoms with E-state index in [0.717, 1.165) is 0 Å². The van der Waals surface area contributed by atoms with Gasteiger partial charge in [-0.15, -0.1) is 0 Å². The van der Waals surface area contributed by atoms with Crippen molar-refractivity contribution < 1.29 is 34.1 Å². The number of aliphatic imine (C=N–C) groups is 1. The van der Waals surface area contributed by atoms with E-state index in [1.54, 1.807) is 12.1 Å². The minimum atomic E-state index is -1.55. The lowest BCUT2D eigenvalue weighted by Crippen LogP contribution is -2.54. The van der Waals surface area contributed by atoms with Crippen molar-refractivity contribution in [2.75, 3.05) is 20.8 Å². The number of carboxylic acids is 1. The highest BCUT2D eigenvalue weighted by Crippen LogP contribution is 2.30. The molecule has 0 aliphatic rings. The van der Waals surface area contributed by atoms with Gasteiger partial charge in [0.25, 0.3) is 5.91 Å². The number of ether oxygens (including phenoxy) is 2. The molecule has 12 heteroatoms. The summed E-state index contributed by atoms with van der Waals surface area (Å²) in [7, 11) is 2.79. The van der Waals surface area contributed by atoms with E-state index < -0.39 is 36.0 Å². The van der Waals surface area contributed by atoms with Crippen LogP contribution in [0.15, 0.2) is 23.2 Å². The third-order valence-electron chi connectivity index (χ3n) is 4.26. The molecule has 0 radical (unpaired) electrons. The van der Waals surface area contributed by atoms with Gasteiger partial charge in [0.15, 0.2) is 23.5 Å². The fraction of sp³-hybridized carbons (Fsp3) is 0.474. The van der Waals surface area contributed by atoms with Crippen molar-refractivity contribution in [1.29, 1.82) is 0 Å². The second kappa shape index (κ2) is 12.2. The number of guanidine groups is 1. The molecule has 172 valence electrons. The molecule has 0 aliphatic carbocycles. The Morgan fingerprint density at radius 1 is 1.16 bits per heavy atom. The van der Waals surface area contributed by atoms with Crippen molar-refractivity contribution >= 4 is 23.7 Å². The molecular weight excluding hydrogens is 410 g/mol. The van der Waals surface area contributed by atoms with Crippen LogP contribution >= 0.6 is 0 Å². The molecule has 8 N–H and O–H groups in total. The number of benzene rings is 1. The number of amides is 2. The van der Waals surface area contributed by atoms with Crippen LogP contribution in [0.25, 0.3) is 0 Å². The van der Waals surface area contributed by atoms with E-state index in [0.29, 0.717) is 12.2 Å². The van der Waals surface area contributed by atoms with Crippen molar-refractivity contribution in [1.82, 2.24) is 10.6 Å². The van der Waals surface area contributed by atoms with E-state index in [1.165, 1.54) is 27.2 Å². The number of carbonyl (C=O) groups is 3. The molecule has 1 aromatic rings. The number of rotatable bonds is 12. The Morgan fingerprint density at radius 2 is 1.84 bits per heavy atom. The highest BCUT2D eigenvalue weighted by Gasteiger charge is 2.30. The first kappa shape index (κ1) is 25.5. The smallest absolute Gasteiger partial charge is 0.328 e. The summed E-state index contributed by atoms with van der Waals surface area (Å²) >= 11 is 0. The Labute approximate surface area is 179 Å². The Balaban J connectivity index is 3.08. The van der Waals surface area contributed by atoms with Crippen molar-refractivity contribution in [3.8, 4) is 11.5 Å². The summed E-state index contributed by atoms with van der Waals surface area (Å²) in [5, 5.41) is 23.6. The van der Waals surface area contributed by atoms with E-state index in [4.69, 9.17) is 20.9 Å². The molecule has 31 heavy (non-hydrogen) atoms. The van der Waals surface area contributed by atoms with E-state index in [1.807, 2.05) is 0 Å². The lowest BCUT2D eigenvalue weighted by molar-refractivity contribution is -0.145. The van der Waals surface area contributed by atoms with Crippen LogP contribution in [-0.2, 0) is 9.59 Å². The molecule has 0 aliphatic heterocycles. The van der Waals surface area contributed by atoms with Gasteiger partial charge in [-0.1, -0.05) is 6.07 Å². The minimum Gasteiger partial charge on any atom is -0.493 e. The summed E-state index contributed by atoms with van der Waals surface area (Å²) in [6, 6.07) is 2.00. The summed E-state index contributed by atoms with van der Waals surface area (Å²) in [4.78, 5) is 40.6. The van der Waals surface area contributed by atoms with Crippen LogP contribution in [0.2, 0.25) is 0 Å². The number of hydrogen-bond donors (Lipinski definition) is 6. The third kappa shape index (κ3) is 7.66. The molecule has 0 saturated carbocycles. The maximum Gasteiger partial charge on any atom is 0.328 e. The molecule has 0 fully saturated rings. The second-order valence-corrected chi connectivity index (χ2v) is 6.58. The molecule has 12 nitrogen and oxygen atoms in total. The first-order valence-corrected chi connectivity index (χ1v) is 9.40. The number of aliphatic hydroxyl groups is 1. The standard InChI is InChI=1S/C19H29N5O7/c1-10(25)14(18(28)29)24-17(27)12(7-5-9-22-19(20)21)23-16(26)11-6-4-8-13(30-2)15(11)31-3/h4,6,8,10,12,14,25H,5,7,9H2,1-3H3,(H,23,26)(H,24,27)(H,28,29)(H4,20,21,22)/t10-,12+,14+/m1/s1. The highest BCUT2D eigenvalue weighted by molar-refractivity contribution is 6.00. The normalized spacial score (nSPS) is 13.3. The number of hydrogen-bond acceptors (Lipinski definition) is 7. The van der Waals surface area contributed by atoms with E-state index >= 15 is 0 Å². The average Bonchev–Trinajstić information content (AvgIpc) is 2.72. The number of aliphatic carboxylic acids is 1. The van der Waals surface area contributed by atoms with Gasteiger partial charge >= 0.3 is 5.97 Å². The topological polar surface area (TPSA) is 199 Å². The SMILES string of the molecule is COc1cccc(C(=O)N[C@@H](CCCN=C(N)N)C(=O)N[C@H](C(=O)O)[C@@H](C)O)c1OC. The van der Waals surface area contributed by atoms with Crippen LogP contribution in [-0.4, -0.2) is 72.9 Å². The van der Waals surface area contributed by atoms with Crippen molar-refractivity contribution in [2.45, 2.75) is 38.0 Å². The molecule has 0 heterocycles. The Morgan fingerprint density at radius 3 is 2.35 bits per heavy atom. The Kier molecular flexibility index (Phi) is 10.1. The molecule has 0 unspecified atom stereocenters. The van der Waals surface area contributed by atoms with Gasteiger partial charge in [-0.25, -0.2) is 4.79 Å². The number of nitrogens with zero attached hydrogens (tertiary/aromatic N) is 1. The number of carboxylic acid groups (broad SMARTS) is 1. The quantitative estimate of drug-likeness (QED) is 0.132. The first-order chi connectivity index (χ1) is 14.6. The lowest BCUT2D eigenvalue weighted by Gasteiger charge is -2.23. The van der Waals surface area contributed by atoms with Gasteiger partial charge in [-0.2, -0.15) is 0 Å². The zero-order chi connectivity index (χ0) is 23.6. The highest BCUT2D eigenvalue weighted by atomic mass is 16.5. The summed E-state index contributed by atoms with van der Waals surface area (Å²) < 4.78 is 10.4. The zero-order valence-corrected chi connectivity index (χ0v) is 17.6. The van der Waals surface area contributed by atoms with Gasteiger partial charge in [0.05, 0.1) is 25.9 Å². The fourth-order valence-corrected chi connectivity index (χ4v) is 2.72. The molecule has 0 saturated heterocycles. The summed E-state index contributed by atoms with van der Waals surface area (Å²) in [5.41, 5.74) is 10.7. The molecule has 2 amide bonds. The van der Waals surface area contributed by atoms with Gasteiger partial charge in [0.1, 0.15) is 6.04 Å². The number of para-hydroxylation sites is 1. The van der Waals surface area contributed by atoms with Crippen LogP contribution in [0.1, 0.15) is 30.1 Å². The van der Waals surface area contributed by atoms with Crippen molar-refractivity contribution in [3.63, 3.8) is 0 Å². The maximum atomic E-state index is 12.8. The number of nitrogens with one attached hydrogen (secondary N) is 2. The molecule has 0 aromatic heterocycles. The molecule has 0 spiro atoms. The average molecular weight is 439 g/mol. The summed E-state index contributed by atoms with van der Waals surface area (Å²) in [5.74, 6) is -2.46. The van der Waals surface area contributed by atoms with Gasteiger partial charge in [-0.3, -0.25) is 14.6 Å². The summed E-state index contributed by atoms with van der Waals surface area (Å²) in [6.07, 6.45) is -0.928. The first-order valence-electron chi connectivity index (χ1n) is 9.40. The minimum absolute atomic E-state index is 0.104. The van der Waals surface area contributed by atoms with Crippen LogP contribution in [0.3, 0.4) is 0 Å². The predicted octanol–water partition coefficient (Wildman–Crippen LogP) is -1.19. The second-order valence-electron chi connectivity index (χ2n) is 6.58. The van der Waals surface area contributed by atoms with Crippen molar-refractivity contribution in [2.24, 2.45) is 16.5 Å². The molecular formula is C19H29N5O7. The maximum absolute atomic E-state index is 12.8. The third-order valence-corrected chi connectivity index (χ3v) is 4.26. The fourth-order valence-electron chi connectivity index (χ4n) is 2.72. The van der Waals surface area contributed by atoms with Crippen molar-refractivity contribution in [3.05, 3.63) is 23.8 Å². The monoisotopic (exact) mass is 439 g/mol. The zero-order valence-electron chi connectivity index (χ0n) is 17.6. The van der Waals surface area contributed by atoms with E-state index in [9.17, 15) is 24.6 Å². The summed E-state index contributed by atoms with van der Waals surface area (Å²) in [6.45, 7) is 1.43. The number of carbonyl (C=O) groups excluding carboxylic acids is 2. The van der Waals surface area contributed by atoms with E-state index in [-0.39, 0.29) is 30.2 Å². The Hall–Kier alpha value is -3.54. The molecule has 0 bridgehead atoms. The number of methoxy groups -OCH3 is 2. The van der Waals surface area contributed by atoms with Gasteiger partial charge in [-0.05, 0) is 31.9 Å². The molecule has 3 atom stereocenters. The number of nitrogens with two attached hydrogens (primary N) is 2. The predicted molar refractivity (Wildman–Crippen MR) is 112 cm³/mol. The number of aliphatic hydroxyl groups excluding tert-OH is 1. The largest absolute Gasteiger partial charge is 0.493 e. The van der Waals surface area contributed by atoms with Crippen LogP contribution < -0.4 is 31.6 Å². The van der Waals surface area contributed by atoms with Crippen LogP contribution in [0, 0.1) is 0 Å². The van der Waals surface area contributed by atoms with Gasteiger partial charge < -0.3 is 41.8 Å². The molecule has 1 aromatic carbocycles. The van der Waals surface area contributed by atoms with Crippen LogP contribution in [0.4, 0.5) is 0 Å². The Bertz CT molecular complexity index is 809. The van der Waals surface area contributed by atoms with E-state index in [2.05, 4.69) is 15.6 Å². The molecule has 1 rings (SSSR count).